The van der Waals surface area contributed by atoms with Crippen molar-refractivity contribution in [3.63, 3.8) is 0 Å². The molecule has 0 bridgehead atoms. The van der Waals surface area contributed by atoms with Crippen molar-refractivity contribution in [3.05, 3.63) is 42.7 Å². The number of phenolic OH excluding ortho intramolecular Hbond substituents is 1. The molecule has 0 atom stereocenters. The van der Waals surface area contributed by atoms with E-state index in [2.05, 4.69) is 15.5 Å². The molecule has 8 heteroatoms. The van der Waals surface area contributed by atoms with E-state index in [1.54, 1.807) is 30.5 Å². The van der Waals surface area contributed by atoms with Gasteiger partial charge in [-0.1, -0.05) is 17.8 Å². The molecule has 3 rings (SSSR count). The van der Waals surface area contributed by atoms with Crippen LogP contribution in [0.3, 0.4) is 0 Å². The molecule has 0 aliphatic rings. The van der Waals surface area contributed by atoms with Crippen molar-refractivity contribution in [2.45, 2.75) is 18.6 Å². The first-order valence-electron chi connectivity index (χ1n) is 7.36. The van der Waals surface area contributed by atoms with E-state index in [1.807, 2.05) is 17.6 Å². The Hall–Kier alpha value is -2.74. The van der Waals surface area contributed by atoms with Gasteiger partial charge in [-0.3, -0.25) is 9.36 Å². The quantitative estimate of drug-likeness (QED) is 0.668. The van der Waals surface area contributed by atoms with Gasteiger partial charge < -0.3 is 14.8 Å². The second-order valence-corrected chi connectivity index (χ2v) is 5.86. The van der Waals surface area contributed by atoms with E-state index >= 15 is 0 Å². The van der Waals surface area contributed by atoms with Crippen molar-refractivity contribution in [3.8, 4) is 17.3 Å². The van der Waals surface area contributed by atoms with Gasteiger partial charge in [-0.05, 0) is 31.2 Å². The van der Waals surface area contributed by atoms with E-state index in [0.717, 1.165) is 0 Å². The maximum absolute atomic E-state index is 12.0. The van der Waals surface area contributed by atoms with Crippen LogP contribution < -0.4 is 5.32 Å². The normalized spacial score (nSPS) is 10.7. The number of nitrogens with zero attached hydrogens (tertiary/aromatic N) is 3. The lowest BCUT2D eigenvalue weighted by molar-refractivity contribution is -0.113. The number of nitrogens with one attached hydrogen (secondary N) is 1. The first-order valence-corrected chi connectivity index (χ1v) is 8.34. The highest BCUT2D eigenvalue weighted by molar-refractivity contribution is 7.99. The Kier molecular flexibility index (Phi) is 4.85. The Morgan fingerprint density at radius 3 is 2.92 bits per heavy atom. The summed E-state index contributed by atoms with van der Waals surface area (Å²) < 4.78 is 7.25. The van der Waals surface area contributed by atoms with Crippen LogP contribution in [0.4, 0.5) is 5.69 Å². The van der Waals surface area contributed by atoms with Crippen molar-refractivity contribution in [1.82, 2.24) is 14.8 Å². The molecule has 24 heavy (non-hydrogen) atoms. The number of amides is 1. The maximum Gasteiger partial charge on any atom is 0.234 e. The molecule has 1 aromatic carbocycles. The van der Waals surface area contributed by atoms with Crippen LogP contribution in [-0.2, 0) is 11.3 Å². The first kappa shape index (κ1) is 16.1. The molecule has 0 fully saturated rings. The van der Waals surface area contributed by atoms with Gasteiger partial charge in [0.05, 0.1) is 12.0 Å². The van der Waals surface area contributed by atoms with Crippen LogP contribution in [0.5, 0.6) is 5.75 Å². The number of carbonyl (C=O) groups is 1. The molecule has 0 spiro atoms. The predicted octanol–water partition coefficient (Wildman–Crippen LogP) is 2.99. The fraction of sp³-hybridized carbons (Fsp3) is 0.188. The standard InChI is InChI=1S/C16H16N4O3S/c1-2-20-15(13-7-4-8-23-13)18-19-16(20)24-10-14(22)17-11-5-3-6-12(21)9-11/h3-9,21H,2,10H2,1H3,(H,17,22). The van der Waals surface area contributed by atoms with Crippen LogP contribution in [0.25, 0.3) is 11.6 Å². The molecule has 2 aromatic heterocycles. The number of aromatic nitrogens is 3. The summed E-state index contributed by atoms with van der Waals surface area (Å²) in [4.78, 5) is 12.0. The van der Waals surface area contributed by atoms with Crippen LogP contribution in [0.1, 0.15) is 6.92 Å². The smallest absolute Gasteiger partial charge is 0.234 e. The number of phenols is 1. The average molecular weight is 344 g/mol. The highest BCUT2D eigenvalue weighted by Crippen LogP contribution is 2.24. The Labute approximate surface area is 142 Å². The number of anilines is 1. The molecule has 0 saturated carbocycles. The molecular formula is C16H16N4O3S. The second kappa shape index (κ2) is 7.22. The second-order valence-electron chi connectivity index (χ2n) is 4.91. The third kappa shape index (κ3) is 3.60. The van der Waals surface area contributed by atoms with Gasteiger partial charge in [0.15, 0.2) is 16.7 Å². The molecule has 0 aliphatic carbocycles. The van der Waals surface area contributed by atoms with E-state index in [-0.39, 0.29) is 17.4 Å². The van der Waals surface area contributed by atoms with Crippen LogP contribution in [0.2, 0.25) is 0 Å². The Morgan fingerprint density at radius 1 is 1.33 bits per heavy atom. The van der Waals surface area contributed by atoms with Gasteiger partial charge in [-0.15, -0.1) is 10.2 Å². The third-order valence-electron chi connectivity index (χ3n) is 3.24. The summed E-state index contributed by atoms with van der Waals surface area (Å²) in [7, 11) is 0. The van der Waals surface area contributed by atoms with E-state index < -0.39 is 0 Å². The highest BCUT2D eigenvalue weighted by Gasteiger charge is 2.16. The van der Waals surface area contributed by atoms with Crippen LogP contribution in [-0.4, -0.2) is 31.5 Å². The minimum Gasteiger partial charge on any atom is -0.508 e. The molecule has 2 N–H and O–H groups in total. The van der Waals surface area contributed by atoms with E-state index in [1.165, 1.54) is 17.8 Å². The molecule has 124 valence electrons. The lowest BCUT2D eigenvalue weighted by atomic mass is 10.3. The van der Waals surface area contributed by atoms with Crippen LogP contribution in [0.15, 0.2) is 52.2 Å². The number of carbonyl (C=O) groups excluding carboxylic acids is 1. The van der Waals surface area contributed by atoms with Crippen LogP contribution in [0, 0.1) is 0 Å². The maximum atomic E-state index is 12.0. The fourth-order valence-corrected chi connectivity index (χ4v) is 2.98. The zero-order chi connectivity index (χ0) is 16.9. The van der Waals surface area contributed by atoms with Gasteiger partial charge in [0.1, 0.15) is 5.75 Å². The summed E-state index contributed by atoms with van der Waals surface area (Å²) in [5.41, 5.74) is 0.550. The van der Waals surface area contributed by atoms with Gasteiger partial charge in [-0.2, -0.15) is 0 Å². The summed E-state index contributed by atoms with van der Waals surface area (Å²) in [6.45, 7) is 2.65. The molecule has 3 aromatic rings. The Balaban J connectivity index is 1.65. The largest absolute Gasteiger partial charge is 0.508 e. The van der Waals surface area contributed by atoms with Gasteiger partial charge in [0.25, 0.3) is 0 Å². The summed E-state index contributed by atoms with van der Waals surface area (Å²) >= 11 is 1.29. The molecular weight excluding hydrogens is 328 g/mol. The number of rotatable bonds is 6. The Morgan fingerprint density at radius 2 is 2.21 bits per heavy atom. The highest BCUT2D eigenvalue weighted by atomic mass is 32.2. The molecule has 0 saturated heterocycles. The monoisotopic (exact) mass is 344 g/mol. The van der Waals surface area contributed by atoms with Gasteiger partial charge >= 0.3 is 0 Å². The van der Waals surface area contributed by atoms with Crippen molar-refractivity contribution >= 4 is 23.4 Å². The van der Waals surface area contributed by atoms with Gasteiger partial charge in [0, 0.05) is 18.3 Å². The number of hydrogen-bond acceptors (Lipinski definition) is 6. The third-order valence-corrected chi connectivity index (χ3v) is 4.20. The molecule has 0 unspecified atom stereocenters. The summed E-state index contributed by atoms with van der Waals surface area (Å²) in [5.74, 6) is 1.38. The summed E-state index contributed by atoms with van der Waals surface area (Å²) in [6, 6.07) is 10.0. The minimum atomic E-state index is -0.184. The fourth-order valence-electron chi connectivity index (χ4n) is 2.18. The minimum absolute atomic E-state index is 0.106. The van der Waals surface area contributed by atoms with Crippen molar-refractivity contribution < 1.29 is 14.3 Å². The summed E-state index contributed by atoms with van der Waals surface area (Å²) in [5, 5.41) is 21.1. The number of aromatic hydroxyl groups is 1. The van der Waals surface area contributed by atoms with E-state index in [0.29, 0.717) is 29.0 Å². The molecule has 0 aliphatic heterocycles. The van der Waals surface area contributed by atoms with Crippen LogP contribution >= 0.6 is 11.8 Å². The summed E-state index contributed by atoms with van der Waals surface area (Å²) in [6.07, 6.45) is 1.58. The topological polar surface area (TPSA) is 93.2 Å². The number of thioether (sulfide) groups is 1. The zero-order valence-corrected chi connectivity index (χ0v) is 13.8. The first-order chi connectivity index (χ1) is 11.7. The van der Waals surface area contributed by atoms with Crippen molar-refractivity contribution in [2.75, 3.05) is 11.1 Å². The van der Waals surface area contributed by atoms with Crippen molar-refractivity contribution in [2.24, 2.45) is 0 Å². The predicted molar refractivity (Wildman–Crippen MR) is 90.9 cm³/mol. The number of furan rings is 1. The van der Waals surface area contributed by atoms with Crippen molar-refractivity contribution in [1.29, 1.82) is 0 Å². The number of hydrogen-bond donors (Lipinski definition) is 2. The van der Waals surface area contributed by atoms with Gasteiger partial charge in [0.2, 0.25) is 5.91 Å². The lowest BCUT2D eigenvalue weighted by Crippen LogP contribution is -2.14. The molecule has 1 amide bonds. The molecule has 2 heterocycles. The Bertz CT molecular complexity index is 830. The lowest BCUT2D eigenvalue weighted by Gasteiger charge is -2.07. The van der Waals surface area contributed by atoms with E-state index in [4.69, 9.17) is 4.42 Å². The SMILES string of the molecule is CCn1c(SCC(=O)Nc2cccc(O)c2)nnc1-c1ccco1. The van der Waals surface area contributed by atoms with E-state index in [9.17, 15) is 9.90 Å². The molecule has 0 radical (unpaired) electrons. The van der Waals surface area contributed by atoms with Gasteiger partial charge in [-0.25, -0.2) is 0 Å². The average Bonchev–Trinajstić information content (AvgIpc) is 3.21. The number of benzene rings is 1. The molecule has 7 nitrogen and oxygen atoms in total. The zero-order valence-electron chi connectivity index (χ0n) is 13.0.